The summed E-state index contributed by atoms with van der Waals surface area (Å²) in [5.74, 6) is -2.08. The van der Waals surface area contributed by atoms with E-state index in [1.165, 1.54) is 11.3 Å². The normalized spacial score (nSPS) is 23.0. The molecule has 6 nitrogen and oxygen atoms in total. The average molecular weight is 420 g/mol. The van der Waals surface area contributed by atoms with Crippen molar-refractivity contribution in [3.05, 3.63) is 35.0 Å². The van der Waals surface area contributed by atoms with Crippen molar-refractivity contribution >= 4 is 23.2 Å². The lowest BCUT2D eigenvalue weighted by atomic mass is 9.93. The Morgan fingerprint density at radius 3 is 2.64 bits per heavy atom. The number of halogens is 3. The lowest BCUT2D eigenvalue weighted by molar-refractivity contribution is -0.192. The summed E-state index contributed by atoms with van der Waals surface area (Å²) in [6.45, 7) is 9.06. The number of carbonyl (C=O) groups excluding carboxylic acids is 1. The fourth-order valence-corrected chi connectivity index (χ4v) is 3.90. The predicted octanol–water partition coefficient (Wildman–Crippen LogP) is 2.73. The van der Waals surface area contributed by atoms with Gasteiger partial charge in [-0.15, -0.1) is 17.9 Å². The molecule has 28 heavy (non-hydrogen) atoms. The number of carboxylic acid groups (broad SMARTS) is 1. The minimum atomic E-state index is -5.08. The second-order valence-corrected chi connectivity index (χ2v) is 7.49. The van der Waals surface area contributed by atoms with Crippen LogP contribution in [-0.4, -0.2) is 78.4 Å². The second kappa shape index (κ2) is 10.0. The van der Waals surface area contributed by atoms with Crippen molar-refractivity contribution in [2.45, 2.75) is 18.7 Å². The van der Waals surface area contributed by atoms with E-state index in [9.17, 15) is 18.0 Å². The summed E-state index contributed by atoms with van der Waals surface area (Å²) in [5.41, 5.74) is 0. The van der Waals surface area contributed by atoms with Crippen molar-refractivity contribution in [2.75, 3.05) is 39.3 Å². The molecule has 156 valence electrons. The number of carboxylic acids is 1. The number of thiophene rings is 1. The maximum Gasteiger partial charge on any atom is 0.490 e. The van der Waals surface area contributed by atoms with Gasteiger partial charge < -0.3 is 14.7 Å². The highest BCUT2D eigenvalue weighted by Crippen LogP contribution is 2.25. The molecule has 1 aromatic heterocycles. The van der Waals surface area contributed by atoms with Crippen LogP contribution in [0.2, 0.25) is 0 Å². The van der Waals surface area contributed by atoms with Gasteiger partial charge in [0.15, 0.2) is 0 Å². The molecule has 3 heterocycles. The molecule has 1 amide bonds. The van der Waals surface area contributed by atoms with E-state index in [1.54, 1.807) is 0 Å². The van der Waals surface area contributed by atoms with Crippen molar-refractivity contribution < 1.29 is 32.6 Å². The minimum Gasteiger partial charge on any atom is -0.475 e. The molecule has 0 radical (unpaired) electrons. The van der Waals surface area contributed by atoms with Crippen LogP contribution < -0.4 is 0 Å². The van der Waals surface area contributed by atoms with Crippen molar-refractivity contribution in [2.24, 2.45) is 5.92 Å². The summed E-state index contributed by atoms with van der Waals surface area (Å²) in [7, 11) is 0. The highest BCUT2D eigenvalue weighted by Gasteiger charge is 2.38. The number of alkyl halides is 3. The molecule has 0 aliphatic carbocycles. The Morgan fingerprint density at radius 1 is 1.36 bits per heavy atom. The zero-order chi connectivity index (χ0) is 20.7. The van der Waals surface area contributed by atoms with E-state index in [1.807, 2.05) is 28.5 Å². The molecule has 1 N–H and O–H groups in total. The van der Waals surface area contributed by atoms with Crippen molar-refractivity contribution in [1.29, 1.82) is 0 Å². The zero-order valence-corrected chi connectivity index (χ0v) is 16.0. The number of hydrogen-bond donors (Lipinski definition) is 1. The largest absolute Gasteiger partial charge is 0.490 e. The zero-order valence-electron chi connectivity index (χ0n) is 15.2. The number of likely N-dealkylation sites (tertiary alicyclic amines) is 1. The van der Waals surface area contributed by atoms with Gasteiger partial charge in [-0.2, -0.15) is 13.2 Å². The molecule has 2 aliphatic rings. The molecule has 2 aliphatic heterocycles. The topological polar surface area (TPSA) is 70.1 Å². The van der Waals surface area contributed by atoms with E-state index in [4.69, 9.17) is 14.6 Å². The quantitative estimate of drug-likeness (QED) is 0.762. The molecular weight excluding hydrogens is 397 g/mol. The van der Waals surface area contributed by atoms with Gasteiger partial charge in [-0.1, -0.05) is 12.1 Å². The lowest BCUT2D eigenvalue weighted by Gasteiger charge is -2.37. The van der Waals surface area contributed by atoms with Crippen LogP contribution in [0.4, 0.5) is 13.2 Å². The van der Waals surface area contributed by atoms with Crippen LogP contribution in [-0.2, 0) is 9.53 Å². The van der Waals surface area contributed by atoms with E-state index in [2.05, 4.69) is 11.5 Å². The number of piperidine rings is 1. The average Bonchev–Trinajstić information content (AvgIpc) is 3.09. The Hall–Kier alpha value is -1.91. The molecule has 3 rings (SSSR count). The highest BCUT2D eigenvalue weighted by molar-refractivity contribution is 7.12. The summed E-state index contributed by atoms with van der Waals surface area (Å²) in [6.07, 6.45) is -1.93. The third kappa shape index (κ3) is 6.32. The summed E-state index contributed by atoms with van der Waals surface area (Å²) >= 11 is 1.51. The van der Waals surface area contributed by atoms with Gasteiger partial charge in [-0.3, -0.25) is 9.69 Å². The summed E-state index contributed by atoms with van der Waals surface area (Å²) in [4.78, 5) is 26.5. The molecule has 10 heteroatoms. The third-order valence-electron chi connectivity index (χ3n) is 4.58. The lowest BCUT2D eigenvalue weighted by Crippen LogP contribution is -2.49. The number of nitrogens with zero attached hydrogens (tertiary/aromatic N) is 2. The molecule has 2 fully saturated rings. The Labute approximate surface area is 165 Å². The van der Waals surface area contributed by atoms with Crippen molar-refractivity contribution in [3.8, 4) is 0 Å². The second-order valence-electron chi connectivity index (χ2n) is 6.54. The van der Waals surface area contributed by atoms with Gasteiger partial charge in [0.05, 0.1) is 17.6 Å². The molecular formula is C18H23F3N2O4S. The number of carbonyl (C=O) groups is 2. The summed E-state index contributed by atoms with van der Waals surface area (Å²) in [5, 5.41) is 9.08. The van der Waals surface area contributed by atoms with Crippen molar-refractivity contribution in [1.82, 2.24) is 9.80 Å². The van der Waals surface area contributed by atoms with E-state index >= 15 is 0 Å². The van der Waals surface area contributed by atoms with Gasteiger partial charge in [0.1, 0.15) is 0 Å². The van der Waals surface area contributed by atoms with Crippen LogP contribution >= 0.6 is 11.3 Å². The molecule has 2 atom stereocenters. The van der Waals surface area contributed by atoms with Crippen LogP contribution in [0, 0.1) is 5.92 Å². The first-order valence-electron chi connectivity index (χ1n) is 8.80. The number of rotatable bonds is 3. The summed E-state index contributed by atoms with van der Waals surface area (Å²) in [6, 6.07) is 3.83. The molecule has 0 aromatic carbocycles. The molecule has 0 unspecified atom stereocenters. The Morgan fingerprint density at radius 2 is 2.07 bits per heavy atom. The fourth-order valence-electron chi connectivity index (χ4n) is 3.21. The first kappa shape index (κ1) is 22.4. The number of aliphatic carboxylic acids is 1. The van der Waals surface area contributed by atoms with E-state index < -0.39 is 12.1 Å². The van der Waals surface area contributed by atoms with E-state index in [0.717, 1.165) is 50.6 Å². The van der Waals surface area contributed by atoms with Crippen LogP contribution in [0.25, 0.3) is 0 Å². The summed E-state index contributed by atoms with van der Waals surface area (Å²) < 4.78 is 37.8. The number of hydrogen-bond acceptors (Lipinski definition) is 5. The van der Waals surface area contributed by atoms with Gasteiger partial charge in [-0.25, -0.2) is 4.79 Å². The maximum atomic E-state index is 12.4. The minimum absolute atomic E-state index is 0.152. The SMILES string of the molecule is C=CCN1CCO[C@@H]2CN(C(=O)c3cccs3)CC[C@@H]2C1.O=C(O)C(F)(F)F. The number of ether oxygens (including phenoxy) is 1. The predicted molar refractivity (Wildman–Crippen MR) is 98.4 cm³/mol. The van der Waals surface area contributed by atoms with Gasteiger partial charge in [0.25, 0.3) is 5.91 Å². The van der Waals surface area contributed by atoms with Crippen LogP contribution in [0.1, 0.15) is 16.1 Å². The van der Waals surface area contributed by atoms with Gasteiger partial charge >= 0.3 is 12.1 Å². The molecule has 2 saturated heterocycles. The van der Waals surface area contributed by atoms with Gasteiger partial charge in [-0.05, 0) is 17.9 Å². The highest BCUT2D eigenvalue weighted by atomic mass is 32.1. The molecule has 0 spiro atoms. The first-order chi connectivity index (χ1) is 13.2. The molecule has 1 aromatic rings. The maximum absolute atomic E-state index is 12.4. The molecule has 0 bridgehead atoms. The van der Waals surface area contributed by atoms with Gasteiger partial charge in [0, 0.05) is 38.6 Å². The first-order valence-corrected chi connectivity index (χ1v) is 9.68. The van der Waals surface area contributed by atoms with Crippen LogP contribution in [0.3, 0.4) is 0 Å². The Kier molecular flexibility index (Phi) is 8.02. The Bertz CT molecular complexity index is 666. The third-order valence-corrected chi connectivity index (χ3v) is 5.43. The van der Waals surface area contributed by atoms with Crippen LogP contribution in [0.5, 0.6) is 0 Å². The smallest absolute Gasteiger partial charge is 0.475 e. The van der Waals surface area contributed by atoms with Crippen molar-refractivity contribution in [3.63, 3.8) is 0 Å². The monoisotopic (exact) mass is 420 g/mol. The van der Waals surface area contributed by atoms with Gasteiger partial charge in [0.2, 0.25) is 0 Å². The van der Waals surface area contributed by atoms with E-state index in [-0.39, 0.29) is 12.0 Å². The number of amides is 1. The number of fused-ring (bicyclic) bond motifs is 1. The standard InChI is InChI=1S/C16H22N2O2S.C2HF3O2/c1-2-6-17-8-9-20-14-12-18(7-5-13(14)11-17)16(19)15-4-3-10-21-15;3-2(4,5)1(6)7/h2-4,10,13-14H,1,5-9,11-12H2;(H,6,7)/t13-,14-;/m1./s1. The fraction of sp³-hybridized carbons (Fsp3) is 0.556. The molecule has 0 saturated carbocycles. The van der Waals surface area contributed by atoms with E-state index in [0.29, 0.717) is 5.92 Å². The Balaban J connectivity index is 0.000000345. The van der Waals surface area contributed by atoms with Crippen LogP contribution in [0.15, 0.2) is 30.2 Å².